The maximum Gasteiger partial charge on any atom is 0.251 e. The van der Waals surface area contributed by atoms with E-state index in [0.717, 1.165) is 5.69 Å². The average molecular weight is 282 g/mol. The van der Waals surface area contributed by atoms with Crippen LogP contribution in [0.1, 0.15) is 16.1 Å². The zero-order chi connectivity index (χ0) is 13.0. The second kappa shape index (κ2) is 5.97. The number of halogens is 1. The summed E-state index contributed by atoms with van der Waals surface area (Å²) in [5, 5.41) is 4.69. The van der Waals surface area contributed by atoms with Crippen molar-refractivity contribution in [3.63, 3.8) is 0 Å². The molecule has 1 aromatic carbocycles. The van der Waals surface area contributed by atoms with Crippen LogP contribution >= 0.6 is 24.0 Å². The highest BCUT2D eigenvalue weighted by Crippen LogP contribution is 2.14. The lowest BCUT2D eigenvalue weighted by molar-refractivity contribution is 0.0954. The number of amides is 1. The molecule has 0 atom stereocenters. The Morgan fingerprint density at radius 1 is 1.50 bits per heavy atom. The van der Waals surface area contributed by atoms with Gasteiger partial charge in [0.2, 0.25) is 0 Å². The van der Waals surface area contributed by atoms with E-state index in [2.05, 4.69) is 22.9 Å². The number of rotatable bonds is 4. The van der Waals surface area contributed by atoms with Gasteiger partial charge in [-0.15, -0.1) is 24.0 Å². The number of thiazole rings is 1. The van der Waals surface area contributed by atoms with Crippen LogP contribution < -0.4 is 5.32 Å². The van der Waals surface area contributed by atoms with E-state index in [9.17, 15) is 9.18 Å². The van der Waals surface area contributed by atoms with Crippen LogP contribution in [0.4, 0.5) is 4.39 Å². The van der Waals surface area contributed by atoms with Gasteiger partial charge in [-0.3, -0.25) is 4.79 Å². The standard InChI is InChI=1S/C12H11FN2OS2/c13-10-2-1-8(5-11(10)17)12(16)14-4-3-9-6-18-7-15-9/h1-2,5-7,17H,3-4H2,(H,14,16). The van der Waals surface area contributed by atoms with E-state index in [1.165, 1.54) is 29.5 Å². The Balaban J connectivity index is 1.89. The summed E-state index contributed by atoms with van der Waals surface area (Å²) in [6, 6.07) is 4.08. The van der Waals surface area contributed by atoms with Crippen LogP contribution in [-0.2, 0) is 6.42 Å². The lowest BCUT2D eigenvalue weighted by atomic mass is 10.2. The summed E-state index contributed by atoms with van der Waals surface area (Å²) < 4.78 is 13.0. The molecule has 0 bridgehead atoms. The number of carbonyl (C=O) groups is 1. The van der Waals surface area contributed by atoms with Crippen molar-refractivity contribution in [3.05, 3.63) is 46.2 Å². The molecule has 1 aromatic heterocycles. The molecule has 6 heteroatoms. The number of nitrogens with zero attached hydrogens (tertiary/aromatic N) is 1. The number of aromatic nitrogens is 1. The van der Waals surface area contributed by atoms with E-state index in [0.29, 0.717) is 18.5 Å². The van der Waals surface area contributed by atoms with Gasteiger partial charge < -0.3 is 5.32 Å². The zero-order valence-electron chi connectivity index (χ0n) is 9.39. The third kappa shape index (κ3) is 3.30. The Labute approximate surface area is 113 Å². The van der Waals surface area contributed by atoms with Crippen molar-refractivity contribution in [3.8, 4) is 0 Å². The minimum atomic E-state index is -0.433. The van der Waals surface area contributed by atoms with Crippen LogP contribution in [0.15, 0.2) is 34.0 Å². The Morgan fingerprint density at radius 2 is 2.33 bits per heavy atom. The molecule has 0 aliphatic rings. The van der Waals surface area contributed by atoms with Crippen LogP contribution in [0.5, 0.6) is 0 Å². The molecule has 0 saturated carbocycles. The Kier molecular flexibility index (Phi) is 4.33. The smallest absolute Gasteiger partial charge is 0.251 e. The molecular formula is C12H11FN2OS2. The Bertz CT molecular complexity index is 543. The summed E-state index contributed by atoms with van der Waals surface area (Å²) in [7, 11) is 0. The molecule has 1 N–H and O–H groups in total. The second-order valence-electron chi connectivity index (χ2n) is 3.65. The molecule has 1 heterocycles. The first-order valence-electron chi connectivity index (χ1n) is 5.30. The summed E-state index contributed by atoms with van der Waals surface area (Å²) >= 11 is 5.46. The first-order chi connectivity index (χ1) is 8.66. The molecule has 2 aromatic rings. The van der Waals surface area contributed by atoms with E-state index in [1.807, 2.05) is 5.38 Å². The van der Waals surface area contributed by atoms with Crippen LogP contribution in [0.3, 0.4) is 0 Å². The minimum absolute atomic E-state index is 0.169. The third-order valence-corrected chi connectivity index (χ3v) is 3.34. The van der Waals surface area contributed by atoms with Gasteiger partial charge in [-0.2, -0.15) is 0 Å². The van der Waals surface area contributed by atoms with Gasteiger partial charge in [0.1, 0.15) is 5.82 Å². The SMILES string of the molecule is O=C(NCCc1cscn1)c1ccc(F)c(S)c1. The van der Waals surface area contributed by atoms with Gasteiger partial charge in [-0.05, 0) is 18.2 Å². The van der Waals surface area contributed by atoms with E-state index in [-0.39, 0.29) is 10.8 Å². The lowest BCUT2D eigenvalue weighted by Crippen LogP contribution is -2.25. The van der Waals surface area contributed by atoms with Crippen LogP contribution in [-0.4, -0.2) is 17.4 Å². The monoisotopic (exact) mass is 282 g/mol. The molecule has 0 unspecified atom stereocenters. The number of nitrogens with one attached hydrogen (secondary N) is 1. The van der Waals surface area contributed by atoms with Crippen LogP contribution in [0.2, 0.25) is 0 Å². The van der Waals surface area contributed by atoms with E-state index >= 15 is 0 Å². The largest absolute Gasteiger partial charge is 0.352 e. The van der Waals surface area contributed by atoms with E-state index in [4.69, 9.17) is 0 Å². The van der Waals surface area contributed by atoms with Crippen molar-refractivity contribution in [1.29, 1.82) is 0 Å². The molecule has 3 nitrogen and oxygen atoms in total. The highest BCUT2D eigenvalue weighted by molar-refractivity contribution is 7.80. The molecular weight excluding hydrogens is 271 g/mol. The number of carbonyl (C=O) groups excluding carboxylic acids is 1. The van der Waals surface area contributed by atoms with Gasteiger partial charge in [0.05, 0.1) is 11.2 Å². The Morgan fingerprint density at radius 3 is 3.00 bits per heavy atom. The van der Waals surface area contributed by atoms with Crippen molar-refractivity contribution in [1.82, 2.24) is 10.3 Å². The van der Waals surface area contributed by atoms with Crippen molar-refractivity contribution in [2.24, 2.45) is 0 Å². The maximum absolute atomic E-state index is 13.0. The zero-order valence-corrected chi connectivity index (χ0v) is 11.1. The molecule has 0 saturated heterocycles. The molecule has 2 rings (SSSR count). The fourth-order valence-corrected chi connectivity index (χ4v) is 2.23. The Hall–Kier alpha value is -1.40. The first-order valence-corrected chi connectivity index (χ1v) is 6.69. The van der Waals surface area contributed by atoms with Gasteiger partial charge in [0.15, 0.2) is 0 Å². The van der Waals surface area contributed by atoms with Gasteiger partial charge in [0.25, 0.3) is 5.91 Å². The van der Waals surface area contributed by atoms with Crippen molar-refractivity contribution < 1.29 is 9.18 Å². The molecule has 0 aliphatic carbocycles. The molecule has 18 heavy (non-hydrogen) atoms. The average Bonchev–Trinajstić information content (AvgIpc) is 2.85. The van der Waals surface area contributed by atoms with Crippen molar-refractivity contribution in [2.75, 3.05) is 6.54 Å². The van der Waals surface area contributed by atoms with Crippen molar-refractivity contribution >= 4 is 29.9 Å². The second-order valence-corrected chi connectivity index (χ2v) is 4.85. The molecule has 0 spiro atoms. The summed E-state index contributed by atoms with van der Waals surface area (Å²) in [5.41, 5.74) is 3.11. The lowest BCUT2D eigenvalue weighted by Gasteiger charge is -2.05. The highest BCUT2D eigenvalue weighted by atomic mass is 32.1. The summed E-state index contributed by atoms with van der Waals surface area (Å²) in [6.07, 6.45) is 0.685. The third-order valence-electron chi connectivity index (χ3n) is 2.36. The van der Waals surface area contributed by atoms with Crippen molar-refractivity contribution in [2.45, 2.75) is 11.3 Å². The molecule has 94 valence electrons. The van der Waals surface area contributed by atoms with Gasteiger partial charge in [-0.1, -0.05) is 0 Å². The fourth-order valence-electron chi connectivity index (χ4n) is 1.42. The maximum atomic E-state index is 13.0. The molecule has 0 fully saturated rings. The topological polar surface area (TPSA) is 42.0 Å². The fraction of sp³-hybridized carbons (Fsp3) is 0.167. The predicted octanol–water partition coefficient (Wildman–Crippen LogP) is 2.54. The molecule has 1 amide bonds. The number of hydrogen-bond donors (Lipinski definition) is 2. The summed E-state index contributed by atoms with van der Waals surface area (Å²) in [5.74, 6) is -0.669. The predicted molar refractivity (Wildman–Crippen MR) is 71.8 cm³/mol. The molecule has 0 aliphatic heterocycles. The minimum Gasteiger partial charge on any atom is -0.352 e. The van der Waals surface area contributed by atoms with E-state index in [1.54, 1.807) is 5.51 Å². The first kappa shape index (κ1) is 13.0. The summed E-state index contributed by atoms with van der Waals surface area (Å²) in [4.78, 5) is 16.0. The highest BCUT2D eigenvalue weighted by Gasteiger charge is 2.07. The number of benzene rings is 1. The van der Waals surface area contributed by atoms with E-state index < -0.39 is 5.82 Å². The number of thiol groups is 1. The quantitative estimate of drug-likeness (QED) is 0.846. The molecule has 0 radical (unpaired) electrons. The van der Waals surface area contributed by atoms with Gasteiger partial charge in [-0.25, -0.2) is 9.37 Å². The van der Waals surface area contributed by atoms with Crippen LogP contribution in [0, 0.1) is 5.82 Å². The van der Waals surface area contributed by atoms with Crippen LogP contribution in [0.25, 0.3) is 0 Å². The van der Waals surface area contributed by atoms with Gasteiger partial charge in [0, 0.05) is 28.8 Å². The van der Waals surface area contributed by atoms with Gasteiger partial charge >= 0.3 is 0 Å². The number of hydrogen-bond acceptors (Lipinski definition) is 4. The normalized spacial score (nSPS) is 10.3. The summed E-state index contributed by atoms with van der Waals surface area (Å²) in [6.45, 7) is 0.502.